The van der Waals surface area contributed by atoms with E-state index in [0.717, 1.165) is 33.0 Å². The highest BCUT2D eigenvalue weighted by Crippen LogP contribution is 2.46. The molecule has 0 aromatic heterocycles. The molecule has 0 bridgehead atoms. The summed E-state index contributed by atoms with van der Waals surface area (Å²) in [6, 6.07) is 19.3. The molecule has 176 valence electrons. The molecular weight excluding hydrogens is 448 g/mol. The Hall–Kier alpha value is -3.45. The van der Waals surface area contributed by atoms with Gasteiger partial charge in [-0.2, -0.15) is 0 Å². The zero-order valence-corrected chi connectivity index (χ0v) is 20.6. The molecular formula is C27H28N2O4S. The second kappa shape index (κ2) is 10.2. The van der Waals surface area contributed by atoms with Crippen molar-refractivity contribution in [2.45, 2.75) is 30.4 Å². The van der Waals surface area contributed by atoms with Gasteiger partial charge in [-0.25, -0.2) is 0 Å². The number of aryl methyl sites for hydroxylation is 2. The van der Waals surface area contributed by atoms with Gasteiger partial charge in [0.2, 0.25) is 11.8 Å². The molecule has 1 heterocycles. The second-order valence-corrected chi connectivity index (χ2v) is 9.54. The lowest BCUT2D eigenvalue weighted by Gasteiger charge is -2.22. The van der Waals surface area contributed by atoms with E-state index in [1.54, 1.807) is 30.9 Å². The summed E-state index contributed by atoms with van der Waals surface area (Å²) in [4.78, 5) is 28.9. The van der Waals surface area contributed by atoms with Crippen LogP contribution in [0.2, 0.25) is 0 Å². The van der Waals surface area contributed by atoms with Crippen molar-refractivity contribution in [3.63, 3.8) is 0 Å². The van der Waals surface area contributed by atoms with Gasteiger partial charge in [-0.05, 0) is 66.9 Å². The smallest absolute Gasteiger partial charge is 0.244 e. The lowest BCUT2D eigenvalue weighted by molar-refractivity contribution is -0.121. The normalized spacial score (nSPS) is 15.4. The number of carbonyl (C=O) groups excluding carboxylic acids is 2. The molecule has 6 nitrogen and oxygen atoms in total. The lowest BCUT2D eigenvalue weighted by Crippen LogP contribution is -2.38. The summed E-state index contributed by atoms with van der Waals surface area (Å²) >= 11 is 1.62. The van der Waals surface area contributed by atoms with E-state index in [-0.39, 0.29) is 30.0 Å². The molecule has 2 amide bonds. The van der Waals surface area contributed by atoms with Gasteiger partial charge < -0.3 is 19.7 Å². The fourth-order valence-electron chi connectivity index (χ4n) is 4.18. The standard InChI is InChI=1S/C27H28N2O4S/c1-17-11-18(2)13-20(12-17)28-26(30)16-29-21-7-5-6-8-24(21)34-25(15-27(29)31)19-9-10-22(32-3)23(14-19)33-4/h5-14,25H,15-16H2,1-4H3,(H,28,30)/t25-/m1/s1. The van der Waals surface area contributed by atoms with E-state index >= 15 is 0 Å². The summed E-state index contributed by atoms with van der Waals surface area (Å²) in [6.45, 7) is 3.92. The van der Waals surface area contributed by atoms with E-state index in [4.69, 9.17) is 9.47 Å². The molecule has 0 radical (unpaired) electrons. The summed E-state index contributed by atoms with van der Waals surface area (Å²) in [6.07, 6.45) is 0.256. The molecule has 0 aliphatic carbocycles. The van der Waals surface area contributed by atoms with Crippen molar-refractivity contribution in [1.29, 1.82) is 0 Å². The van der Waals surface area contributed by atoms with Gasteiger partial charge in [0.05, 0.1) is 19.9 Å². The summed E-state index contributed by atoms with van der Waals surface area (Å²) in [5.41, 5.74) is 4.58. The number of nitrogens with zero attached hydrogens (tertiary/aromatic N) is 1. The van der Waals surface area contributed by atoms with Crippen LogP contribution in [0.4, 0.5) is 11.4 Å². The van der Waals surface area contributed by atoms with Crippen LogP contribution in [-0.4, -0.2) is 32.6 Å². The molecule has 0 spiro atoms. The van der Waals surface area contributed by atoms with Gasteiger partial charge in [0.1, 0.15) is 6.54 Å². The van der Waals surface area contributed by atoms with Crippen molar-refractivity contribution >= 4 is 35.0 Å². The van der Waals surface area contributed by atoms with Gasteiger partial charge in [-0.3, -0.25) is 9.59 Å². The Morgan fingerprint density at radius 2 is 1.71 bits per heavy atom. The van der Waals surface area contributed by atoms with Crippen molar-refractivity contribution in [2.24, 2.45) is 0 Å². The molecule has 1 N–H and O–H groups in total. The molecule has 34 heavy (non-hydrogen) atoms. The quantitative estimate of drug-likeness (QED) is 0.507. The van der Waals surface area contributed by atoms with Gasteiger partial charge in [-0.1, -0.05) is 24.3 Å². The fourth-order valence-corrected chi connectivity index (χ4v) is 5.45. The van der Waals surface area contributed by atoms with Crippen molar-refractivity contribution < 1.29 is 19.1 Å². The molecule has 4 rings (SSSR count). The Morgan fingerprint density at radius 1 is 1.00 bits per heavy atom. The highest BCUT2D eigenvalue weighted by Gasteiger charge is 2.31. The number of ether oxygens (including phenoxy) is 2. The average Bonchev–Trinajstić information content (AvgIpc) is 2.94. The Bertz CT molecular complexity index is 1210. The van der Waals surface area contributed by atoms with Gasteiger partial charge in [0.15, 0.2) is 11.5 Å². The maximum Gasteiger partial charge on any atom is 0.244 e. The zero-order chi connectivity index (χ0) is 24.2. The van der Waals surface area contributed by atoms with Crippen LogP contribution in [0.15, 0.2) is 65.6 Å². The number of carbonyl (C=O) groups is 2. The molecule has 0 unspecified atom stereocenters. The van der Waals surface area contributed by atoms with E-state index in [9.17, 15) is 9.59 Å². The van der Waals surface area contributed by atoms with Gasteiger partial charge >= 0.3 is 0 Å². The molecule has 0 saturated carbocycles. The van der Waals surface area contributed by atoms with Gasteiger partial charge in [0.25, 0.3) is 0 Å². The van der Waals surface area contributed by atoms with E-state index < -0.39 is 0 Å². The summed E-state index contributed by atoms with van der Waals surface area (Å²) < 4.78 is 10.8. The molecule has 3 aromatic rings. The minimum atomic E-state index is -0.234. The molecule has 0 fully saturated rings. The number of rotatable bonds is 6. The van der Waals surface area contributed by atoms with E-state index in [1.165, 1.54) is 0 Å². The number of benzene rings is 3. The van der Waals surface area contributed by atoms with Crippen LogP contribution in [0, 0.1) is 13.8 Å². The molecule has 3 aromatic carbocycles. The molecule has 1 aliphatic rings. The van der Waals surface area contributed by atoms with Crippen molar-refractivity contribution in [3.8, 4) is 11.5 Å². The van der Waals surface area contributed by atoms with Crippen LogP contribution < -0.4 is 19.7 Å². The van der Waals surface area contributed by atoms with Crippen LogP contribution in [0.3, 0.4) is 0 Å². The van der Waals surface area contributed by atoms with Crippen LogP contribution in [-0.2, 0) is 9.59 Å². The first-order chi connectivity index (χ1) is 16.4. The number of anilines is 2. The molecule has 1 aliphatic heterocycles. The fraction of sp³-hybridized carbons (Fsp3) is 0.259. The number of fused-ring (bicyclic) bond motifs is 1. The number of para-hydroxylation sites is 1. The highest BCUT2D eigenvalue weighted by molar-refractivity contribution is 7.99. The summed E-state index contributed by atoms with van der Waals surface area (Å²) in [5, 5.41) is 2.82. The van der Waals surface area contributed by atoms with E-state index in [2.05, 4.69) is 11.4 Å². The van der Waals surface area contributed by atoms with E-state index in [0.29, 0.717) is 11.5 Å². The first kappa shape index (κ1) is 23.7. The topological polar surface area (TPSA) is 67.9 Å². The first-order valence-electron chi connectivity index (χ1n) is 11.0. The van der Waals surface area contributed by atoms with Crippen LogP contribution in [0.25, 0.3) is 0 Å². The molecule has 7 heteroatoms. The molecule has 0 saturated heterocycles. The van der Waals surface area contributed by atoms with Crippen molar-refractivity contribution in [2.75, 3.05) is 31.0 Å². The number of nitrogens with one attached hydrogen (secondary N) is 1. The largest absolute Gasteiger partial charge is 0.493 e. The van der Waals surface area contributed by atoms with Gasteiger partial charge in [0, 0.05) is 22.3 Å². The number of hydrogen-bond donors (Lipinski definition) is 1. The third-order valence-corrected chi connectivity index (χ3v) is 7.00. The number of methoxy groups -OCH3 is 2. The Balaban J connectivity index is 1.60. The Labute approximate surface area is 204 Å². The first-order valence-corrected chi connectivity index (χ1v) is 11.9. The van der Waals surface area contributed by atoms with Gasteiger partial charge in [-0.15, -0.1) is 11.8 Å². The predicted molar refractivity (Wildman–Crippen MR) is 136 cm³/mol. The minimum Gasteiger partial charge on any atom is -0.493 e. The molecule has 1 atom stereocenters. The minimum absolute atomic E-state index is 0.0535. The number of hydrogen-bond acceptors (Lipinski definition) is 5. The number of thioether (sulfide) groups is 1. The summed E-state index contributed by atoms with van der Waals surface area (Å²) in [5.74, 6) is 0.923. The average molecular weight is 477 g/mol. The third kappa shape index (κ3) is 5.20. The Morgan fingerprint density at radius 3 is 2.41 bits per heavy atom. The van der Waals surface area contributed by atoms with E-state index in [1.807, 2.05) is 68.4 Å². The second-order valence-electron chi connectivity index (χ2n) is 8.30. The van der Waals surface area contributed by atoms with Crippen LogP contribution >= 0.6 is 11.8 Å². The Kier molecular flexibility index (Phi) is 7.12. The van der Waals surface area contributed by atoms with Crippen molar-refractivity contribution in [3.05, 3.63) is 77.4 Å². The van der Waals surface area contributed by atoms with Crippen LogP contribution in [0.1, 0.15) is 28.4 Å². The van der Waals surface area contributed by atoms with Crippen LogP contribution in [0.5, 0.6) is 11.5 Å². The maximum atomic E-state index is 13.4. The lowest BCUT2D eigenvalue weighted by atomic mass is 10.1. The predicted octanol–water partition coefficient (Wildman–Crippen LogP) is 5.53. The summed E-state index contributed by atoms with van der Waals surface area (Å²) in [7, 11) is 3.19. The van der Waals surface area contributed by atoms with Crippen molar-refractivity contribution in [1.82, 2.24) is 0 Å². The SMILES string of the molecule is COc1ccc([C@H]2CC(=O)N(CC(=O)Nc3cc(C)cc(C)c3)c3ccccc3S2)cc1OC. The third-order valence-electron chi connectivity index (χ3n) is 5.67. The maximum absolute atomic E-state index is 13.4. The highest BCUT2D eigenvalue weighted by atomic mass is 32.2. The monoisotopic (exact) mass is 476 g/mol. The zero-order valence-electron chi connectivity index (χ0n) is 19.8. The number of amides is 2.